The van der Waals surface area contributed by atoms with Crippen molar-refractivity contribution < 1.29 is 13.9 Å². The molecule has 0 fully saturated rings. The summed E-state index contributed by atoms with van der Waals surface area (Å²) in [5, 5.41) is 9.64. The van der Waals surface area contributed by atoms with Crippen LogP contribution in [0.5, 0.6) is 0 Å². The third-order valence-electron chi connectivity index (χ3n) is 2.35. The molecule has 0 radical (unpaired) electrons. The topological polar surface area (TPSA) is 49.5 Å². The lowest BCUT2D eigenvalue weighted by Gasteiger charge is -2.30. The van der Waals surface area contributed by atoms with Gasteiger partial charge in [-0.05, 0) is 27.3 Å². The number of aliphatic hydroxyl groups is 1. The van der Waals surface area contributed by atoms with Crippen molar-refractivity contribution in [2.45, 2.75) is 38.3 Å². The van der Waals surface area contributed by atoms with Crippen LogP contribution in [0.2, 0.25) is 0 Å². The molecular formula is C9H20F2N2O. The maximum atomic E-state index is 12.0. The smallest absolute Gasteiger partial charge is 0.251 e. The Morgan fingerprint density at radius 3 is 2.36 bits per heavy atom. The molecule has 86 valence electrons. The van der Waals surface area contributed by atoms with Crippen LogP contribution >= 0.6 is 0 Å². The molecule has 0 aromatic carbocycles. The Labute approximate surface area is 83.9 Å². The van der Waals surface area contributed by atoms with E-state index in [2.05, 4.69) is 0 Å². The zero-order valence-electron chi connectivity index (χ0n) is 9.00. The second kappa shape index (κ2) is 5.58. The van der Waals surface area contributed by atoms with Crippen LogP contribution in [0, 0.1) is 0 Å². The van der Waals surface area contributed by atoms with E-state index in [-0.39, 0.29) is 19.1 Å². The third-order valence-corrected chi connectivity index (χ3v) is 2.35. The second-order valence-corrected chi connectivity index (χ2v) is 4.08. The van der Waals surface area contributed by atoms with Gasteiger partial charge in [0.2, 0.25) is 0 Å². The fourth-order valence-corrected chi connectivity index (χ4v) is 1.27. The molecule has 0 saturated heterocycles. The number of nitrogens with zero attached hydrogens (tertiary/aromatic N) is 1. The maximum Gasteiger partial charge on any atom is 0.251 e. The zero-order valence-corrected chi connectivity index (χ0v) is 9.00. The molecule has 5 heteroatoms. The molecule has 0 aliphatic heterocycles. The summed E-state index contributed by atoms with van der Waals surface area (Å²) < 4.78 is 24.1. The predicted molar refractivity (Wildman–Crippen MR) is 52.4 cm³/mol. The number of hydrogen-bond donors (Lipinski definition) is 2. The number of alkyl halides is 2. The maximum absolute atomic E-state index is 12.0. The van der Waals surface area contributed by atoms with Crippen LogP contribution in [0.15, 0.2) is 0 Å². The van der Waals surface area contributed by atoms with Gasteiger partial charge in [0.05, 0.1) is 12.1 Å². The van der Waals surface area contributed by atoms with Gasteiger partial charge in [0.15, 0.2) is 0 Å². The van der Waals surface area contributed by atoms with Crippen LogP contribution in [-0.4, -0.2) is 48.2 Å². The molecule has 0 aliphatic rings. The highest BCUT2D eigenvalue weighted by atomic mass is 19.3. The molecule has 2 atom stereocenters. The molecule has 0 aromatic rings. The number of rotatable bonds is 6. The zero-order chi connectivity index (χ0) is 11.4. The summed E-state index contributed by atoms with van der Waals surface area (Å²) in [6.45, 7) is 3.27. The van der Waals surface area contributed by atoms with Crippen molar-refractivity contribution >= 4 is 0 Å². The molecule has 14 heavy (non-hydrogen) atoms. The van der Waals surface area contributed by atoms with Crippen molar-refractivity contribution in [1.29, 1.82) is 0 Å². The molecule has 0 amide bonds. The summed E-state index contributed by atoms with van der Waals surface area (Å²) in [4.78, 5) is 1.52. The molecule has 0 aromatic heterocycles. The Hall–Kier alpha value is -0.260. The van der Waals surface area contributed by atoms with Crippen LogP contribution < -0.4 is 5.73 Å². The lowest BCUT2D eigenvalue weighted by Crippen LogP contribution is -2.43. The van der Waals surface area contributed by atoms with Crippen molar-refractivity contribution in [3.05, 3.63) is 0 Å². The first-order valence-electron chi connectivity index (χ1n) is 4.69. The quantitative estimate of drug-likeness (QED) is 0.677. The van der Waals surface area contributed by atoms with Crippen LogP contribution in [-0.2, 0) is 0 Å². The Bertz CT molecular complexity index is 165. The Balaban J connectivity index is 4.00. The Morgan fingerprint density at radius 1 is 1.50 bits per heavy atom. The highest BCUT2D eigenvalue weighted by molar-refractivity contribution is 4.79. The summed E-state index contributed by atoms with van der Waals surface area (Å²) in [7, 11) is 1.61. The van der Waals surface area contributed by atoms with E-state index < -0.39 is 12.0 Å². The summed E-state index contributed by atoms with van der Waals surface area (Å²) in [5.41, 5.74) is 4.36. The molecule has 0 heterocycles. The average molecular weight is 210 g/mol. The van der Waals surface area contributed by atoms with E-state index in [1.165, 1.54) is 4.90 Å². The van der Waals surface area contributed by atoms with E-state index in [9.17, 15) is 13.9 Å². The monoisotopic (exact) mass is 210 g/mol. The summed E-state index contributed by atoms with van der Waals surface area (Å²) in [6.07, 6.45) is -1.95. The van der Waals surface area contributed by atoms with E-state index in [4.69, 9.17) is 5.73 Å². The SMILES string of the molecule is CC(CC(C)(O)CN)N(C)CC(F)F. The van der Waals surface area contributed by atoms with Gasteiger partial charge in [-0.3, -0.25) is 4.90 Å². The van der Waals surface area contributed by atoms with Crippen LogP contribution in [0.1, 0.15) is 20.3 Å². The second-order valence-electron chi connectivity index (χ2n) is 4.08. The van der Waals surface area contributed by atoms with Gasteiger partial charge in [-0.1, -0.05) is 0 Å². The molecule has 2 unspecified atom stereocenters. The van der Waals surface area contributed by atoms with Gasteiger partial charge in [-0.15, -0.1) is 0 Å². The van der Waals surface area contributed by atoms with Gasteiger partial charge in [0.1, 0.15) is 0 Å². The Morgan fingerprint density at radius 2 is 2.00 bits per heavy atom. The van der Waals surface area contributed by atoms with Crippen LogP contribution in [0.3, 0.4) is 0 Å². The highest BCUT2D eigenvalue weighted by Gasteiger charge is 2.24. The lowest BCUT2D eigenvalue weighted by atomic mass is 9.97. The molecule has 3 N–H and O–H groups in total. The molecule has 0 spiro atoms. The van der Waals surface area contributed by atoms with Crippen molar-refractivity contribution in [3.8, 4) is 0 Å². The van der Waals surface area contributed by atoms with E-state index in [0.29, 0.717) is 6.42 Å². The van der Waals surface area contributed by atoms with Crippen LogP contribution in [0.25, 0.3) is 0 Å². The highest BCUT2D eigenvalue weighted by Crippen LogP contribution is 2.14. The van der Waals surface area contributed by atoms with E-state index in [0.717, 1.165) is 0 Å². The first kappa shape index (κ1) is 13.7. The third kappa shape index (κ3) is 5.47. The largest absolute Gasteiger partial charge is 0.389 e. The van der Waals surface area contributed by atoms with Gasteiger partial charge in [0, 0.05) is 12.6 Å². The molecule has 0 rings (SSSR count). The first-order chi connectivity index (χ1) is 6.28. The first-order valence-corrected chi connectivity index (χ1v) is 4.69. The molecule has 3 nitrogen and oxygen atoms in total. The number of hydrogen-bond acceptors (Lipinski definition) is 3. The molecule has 0 aliphatic carbocycles. The van der Waals surface area contributed by atoms with Gasteiger partial charge in [-0.25, -0.2) is 8.78 Å². The Kier molecular flexibility index (Phi) is 5.48. The van der Waals surface area contributed by atoms with Crippen molar-refractivity contribution in [1.82, 2.24) is 4.90 Å². The van der Waals surface area contributed by atoms with Gasteiger partial charge in [0.25, 0.3) is 6.43 Å². The van der Waals surface area contributed by atoms with Gasteiger partial charge in [-0.2, -0.15) is 0 Å². The number of nitrogens with two attached hydrogens (primary N) is 1. The van der Waals surface area contributed by atoms with Crippen molar-refractivity contribution in [3.63, 3.8) is 0 Å². The summed E-state index contributed by atoms with van der Waals surface area (Å²) in [6, 6.07) is -0.109. The standard InChI is InChI=1S/C9H20F2N2O/c1-7(4-9(2,14)6-12)13(3)5-8(10)11/h7-8,14H,4-6,12H2,1-3H3. The van der Waals surface area contributed by atoms with E-state index in [1.807, 2.05) is 0 Å². The summed E-state index contributed by atoms with van der Waals surface area (Å²) >= 11 is 0. The molecule has 0 saturated carbocycles. The van der Waals surface area contributed by atoms with Crippen molar-refractivity contribution in [2.75, 3.05) is 20.1 Å². The van der Waals surface area contributed by atoms with Gasteiger partial charge < -0.3 is 10.8 Å². The van der Waals surface area contributed by atoms with E-state index >= 15 is 0 Å². The predicted octanol–water partition coefficient (Wildman–Crippen LogP) is 0.672. The summed E-state index contributed by atoms with van der Waals surface area (Å²) in [5.74, 6) is 0. The minimum atomic E-state index is -2.34. The molecular weight excluding hydrogens is 190 g/mol. The van der Waals surface area contributed by atoms with E-state index in [1.54, 1.807) is 20.9 Å². The normalized spacial score (nSPS) is 18.6. The average Bonchev–Trinajstić information content (AvgIpc) is 2.02. The minimum absolute atomic E-state index is 0.109. The van der Waals surface area contributed by atoms with Crippen LogP contribution in [0.4, 0.5) is 8.78 Å². The fraction of sp³-hybridized carbons (Fsp3) is 1.00. The lowest BCUT2D eigenvalue weighted by molar-refractivity contribution is 0.0189. The minimum Gasteiger partial charge on any atom is -0.389 e. The molecule has 0 bridgehead atoms. The fourth-order valence-electron chi connectivity index (χ4n) is 1.27. The van der Waals surface area contributed by atoms with Crippen molar-refractivity contribution in [2.24, 2.45) is 5.73 Å². The number of halogens is 2. The van der Waals surface area contributed by atoms with Gasteiger partial charge >= 0.3 is 0 Å².